The topological polar surface area (TPSA) is 46.2 Å². The van der Waals surface area contributed by atoms with E-state index in [1.54, 1.807) is 24.3 Å². The zero-order valence-corrected chi connectivity index (χ0v) is 13.9. The average molecular weight is 366 g/mol. The van der Waals surface area contributed by atoms with Gasteiger partial charge in [-0.1, -0.05) is 28.1 Å². The van der Waals surface area contributed by atoms with E-state index >= 15 is 0 Å². The van der Waals surface area contributed by atoms with Gasteiger partial charge in [0, 0.05) is 10.2 Å². The third-order valence-electron chi connectivity index (χ3n) is 3.71. The minimum Gasteiger partial charge on any atom is -0.280 e. The van der Waals surface area contributed by atoms with Crippen molar-refractivity contribution >= 4 is 31.6 Å². The summed E-state index contributed by atoms with van der Waals surface area (Å²) in [5.74, 6) is 0. The minimum absolute atomic E-state index is 0.336. The Morgan fingerprint density at radius 1 is 0.952 bits per heavy atom. The highest BCUT2D eigenvalue weighted by Gasteiger charge is 2.17. The molecule has 21 heavy (non-hydrogen) atoms. The highest BCUT2D eigenvalue weighted by Crippen LogP contribution is 2.25. The lowest BCUT2D eigenvalue weighted by molar-refractivity contribution is 0.600. The summed E-state index contributed by atoms with van der Waals surface area (Å²) in [5, 5.41) is 0. The SMILES string of the molecule is O=S(=O)(Nc1cccc(Br)c1)c1ccc2c(c1)CCCC2. The summed E-state index contributed by atoms with van der Waals surface area (Å²) in [6.07, 6.45) is 4.34. The number of hydrogen-bond acceptors (Lipinski definition) is 2. The number of benzene rings is 2. The molecule has 0 atom stereocenters. The number of halogens is 1. The number of anilines is 1. The van der Waals surface area contributed by atoms with Crippen LogP contribution in [0.5, 0.6) is 0 Å². The summed E-state index contributed by atoms with van der Waals surface area (Å²) >= 11 is 3.34. The molecule has 3 rings (SSSR count). The van der Waals surface area contributed by atoms with E-state index in [0.717, 1.165) is 23.7 Å². The number of aryl methyl sites for hydroxylation is 2. The number of nitrogens with one attached hydrogen (secondary N) is 1. The molecule has 110 valence electrons. The van der Waals surface area contributed by atoms with E-state index in [9.17, 15) is 8.42 Å². The molecule has 1 aliphatic carbocycles. The van der Waals surface area contributed by atoms with Crippen LogP contribution in [0.3, 0.4) is 0 Å². The normalized spacial score (nSPS) is 14.5. The summed E-state index contributed by atoms with van der Waals surface area (Å²) in [6.45, 7) is 0. The van der Waals surface area contributed by atoms with Gasteiger partial charge in [-0.25, -0.2) is 8.42 Å². The van der Waals surface area contributed by atoms with Gasteiger partial charge in [0.1, 0.15) is 0 Å². The molecule has 0 radical (unpaired) electrons. The zero-order chi connectivity index (χ0) is 14.9. The number of rotatable bonds is 3. The van der Waals surface area contributed by atoms with Crippen LogP contribution in [0.4, 0.5) is 5.69 Å². The molecule has 2 aromatic rings. The van der Waals surface area contributed by atoms with Gasteiger partial charge in [-0.05, 0) is 67.1 Å². The first kappa shape index (κ1) is 14.6. The van der Waals surface area contributed by atoms with Crippen LogP contribution < -0.4 is 4.72 Å². The van der Waals surface area contributed by atoms with E-state index in [1.165, 1.54) is 17.5 Å². The first-order valence-electron chi connectivity index (χ1n) is 6.95. The second-order valence-corrected chi connectivity index (χ2v) is 7.85. The van der Waals surface area contributed by atoms with Crippen molar-refractivity contribution in [2.45, 2.75) is 30.6 Å². The van der Waals surface area contributed by atoms with Crippen molar-refractivity contribution in [3.63, 3.8) is 0 Å². The Bertz CT molecular complexity index is 772. The van der Waals surface area contributed by atoms with Crippen molar-refractivity contribution in [1.29, 1.82) is 0 Å². The first-order chi connectivity index (χ1) is 10.0. The summed E-state index contributed by atoms with van der Waals surface area (Å²) < 4.78 is 28.4. The maximum atomic E-state index is 12.5. The Hall–Kier alpha value is -1.33. The highest BCUT2D eigenvalue weighted by atomic mass is 79.9. The fourth-order valence-corrected chi connectivity index (χ4v) is 4.14. The number of sulfonamides is 1. The van der Waals surface area contributed by atoms with Crippen molar-refractivity contribution < 1.29 is 8.42 Å². The zero-order valence-electron chi connectivity index (χ0n) is 11.5. The van der Waals surface area contributed by atoms with Gasteiger partial charge >= 0.3 is 0 Å². The second-order valence-electron chi connectivity index (χ2n) is 5.25. The molecular weight excluding hydrogens is 350 g/mol. The van der Waals surface area contributed by atoms with Gasteiger partial charge in [0.2, 0.25) is 0 Å². The predicted molar refractivity (Wildman–Crippen MR) is 88.0 cm³/mol. The van der Waals surface area contributed by atoms with Crippen LogP contribution in [0.15, 0.2) is 51.8 Å². The molecule has 0 aromatic heterocycles. The third kappa shape index (κ3) is 3.30. The van der Waals surface area contributed by atoms with Crippen molar-refractivity contribution in [2.75, 3.05) is 4.72 Å². The predicted octanol–water partition coefficient (Wildman–Crippen LogP) is 4.13. The van der Waals surface area contributed by atoms with E-state index in [0.29, 0.717) is 10.6 Å². The minimum atomic E-state index is -3.53. The number of fused-ring (bicyclic) bond motifs is 1. The molecule has 5 heteroatoms. The van der Waals surface area contributed by atoms with Gasteiger partial charge in [-0.15, -0.1) is 0 Å². The van der Waals surface area contributed by atoms with E-state index < -0.39 is 10.0 Å². The van der Waals surface area contributed by atoms with E-state index in [-0.39, 0.29) is 0 Å². The molecule has 0 unspecified atom stereocenters. The Morgan fingerprint density at radius 3 is 2.48 bits per heavy atom. The molecule has 0 fully saturated rings. The first-order valence-corrected chi connectivity index (χ1v) is 9.22. The molecule has 0 saturated carbocycles. The summed E-state index contributed by atoms with van der Waals surface area (Å²) in [5.41, 5.74) is 3.00. The fraction of sp³-hybridized carbons (Fsp3) is 0.250. The summed E-state index contributed by atoms with van der Waals surface area (Å²) in [4.78, 5) is 0.336. The quantitative estimate of drug-likeness (QED) is 0.888. The maximum absolute atomic E-state index is 12.5. The van der Waals surface area contributed by atoms with Crippen LogP contribution in [0.25, 0.3) is 0 Å². The molecule has 0 bridgehead atoms. The Morgan fingerprint density at radius 2 is 1.71 bits per heavy atom. The van der Waals surface area contributed by atoms with Gasteiger partial charge in [0.15, 0.2) is 0 Å². The van der Waals surface area contributed by atoms with E-state index in [1.807, 2.05) is 18.2 Å². The second kappa shape index (κ2) is 5.81. The molecule has 1 N–H and O–H groups in total. The molecule has 1 aliphatic rings. The summed E-state index contributed by atoms with van der Waals surface area (Å²) in [6, 6.07) is 12.6. The molecular formula is C16H16BrNO2S. The van der Waals surface area contributed by atoms with Crippen molar-refractivity contribution in [1.82, 2.24) is 0 Å². The van der Waals surface area contributed by atoms with E-state index in [4.69, 9.17) is 0 Å². The molecule has 0 amide bonds. The monoisotopic (exact) mass is 365 g/mol. The van der Waals surface area contributed by atoms with Crippen LogP contribution in [0.2, 0.25) is 0 Å². The molecule has 0 spiro atoms. The van der Waals surface area contributed by atoms with Crippen LogP contribution in [-0.4, -0.2) is 8.42 Å². The Labute approximate surface area is 133 Å². The Balaban J connectivity index is 1.91. The third-order valence-corrected chi connectivity index (χ3v) is 5.58. The molecule has 0 saturated heterocycles. The summed E-state index contributed by atoms with van der Waals surface area (Å²) in [7, 11) is -3.53. The molecule has 0 aliphatic heterocycles. The molecule has 2 aromatic carbocycles. The van der Waals surface area contributed by atoms with Crippen LogP contribution in [0, 0.1) is 0 Å². The van der Waals surface area contributed by atoms with Gasteiger partial charge in [0.05, 0.1) is 4.90 Å². The largest absolute Gasteiger partial charge is 0.280 e. The van der Waals surface area contributed by atoms with Crippen LogP contribution in [-0.2, 0) is 22.9 Å². The van der Waals surface area contributed by atoms with Crippen molar-refractivity contribution in [2.24, 2.45) is 0 Å². The molecule has 3 nitrogen and oxygen atoms in total. The molecule has 0 heterocycles. The Kier molecular flexibility index (Phi) is 4.04. The van der Waals surface area contributed by atoms with Crippen LogP contribution in [0.1, 0.15) is 24.0 Å². The standard InChI is InChI=1S/C16H16BrNO2S/c17-14-6-3-7-15(11-14)18-21(19,20)16-9-8-12-4-1-2-5-13(12)10-16/h3,6-11,18H,1-2,4-5H2. The number of hydrogen-bond donors (Lipinski definition) is 1. The average Bonchev–Trinajstić information content (AvgIpc) is 2.46. The van der Waals surface area contributed by atoms with E-state index in [2.05, 4.69) is 20.7 Å². The lowest BCUT2D eigenvalue weighted by atomic mass is 9.92. The fourth-order valence-electron chi connectivity index (χ4n) is 2.64. The van der Waals surface area contributed by atoms with Crippen molar-refractivity contribution in [3.05, 3.63) is 58.1 Å². The van der Waals surface area contributed by atoms with Gasteiger partial charge in [-0.2, -0.15) is 0 Å². The lowest BCUT2D eigenvalue weighted by Gasteiger charge is -2.17. The van der Waals surface area contributed by atoms with Crippen molar-refractivity contribution in [3.8, 4) is 0 Å². The van der Waals surface area contributed by atoms with Crippen LogP contribution >= 0.6 is 15.9 Å². The maximum Gasteiger partial charge on any atom is 0.261 e. The highest BCUT2D eigenvalue weighted by molar-refractivity contribution is 9.10. The smallest absolute Gasteiger partial charge is 0.261 e. The lowest BCUT2D eigenvalue weighted by Crippen LogP contribution is -2.14. The van der Waals surface area contributed by atoms with Gasteiger partial charge in [0.25, 0.3) is 10.0 Å². The van der Waals surface area contributed by atoms with Gasteiger partial charge in [-0.3, -0.25) is 4.72 Å². The van der Waals surface area contributed by atoms with Gasteiger partial charge < -0.3 is 0 Å².